The Morgan fingerprint density at radius 2 is 1.63 bits per heavy atom. The summed E-state index contributed by atoms with van der Waals surface area (Å²) in [5.41, 5.74) is 5.03. The molecule has 6 atom stereocenters. The lowest BCUT2D eigenvalue weighted by Gasteiger charge is -2.70. The van der Waals surface area contributed by atoms with Crippen molar-refractivity contribution in [3.05, 3.63) is 82.2 Å². The van der Waals surface area contributed by atoms with Crippen LogP contribution < -0.4 is 0 Å². The number of carbonyl (C=O) groups is 2. The van der Waals surface area contributed by atoms with Gasteiger partial charge >= 0.3 is 0 Å². The molecule has 0 aromatic heterocycles. The van der Waals surface area contributed by atoms with Gasteiger partial charge in [0.25, 0.3) is 0 Å². The van der Waals surface area contributed by atoms with Crippen molar-refractivity contribution in [2.45, 2.75) is 93.0 Å². The molecule has 1 aromatic carbocycles. The summed E-state index contributed by atoms with van der Waals surface area (Å²) in [5.74, 6) is 0.319. The van der Waals surface area contributed by atoms with E-state index in [1.54, 1.807) is 6.08 Å². The topological polar surface area (TPSA) is 57.6 Å². The molecular weight excluding hydrogens is 506 g/mol. The van der Waals surface area contributed by atoms with E-state index >= 15 is 0 Å². The van der Waals surface area contributed by atoms with Crippen molar-refractivity contribution in [2.24, 2.45) is 33.0 Å². The summed E-state index contributed by atoms with van der Waals surface area (Å²) in [4.78, 5) is 28.8. The van der Waals surface area contributed by atoms with E-state index in [2.05, 4.69) is 58.9 Å². The number of hydrogen-bond donors (Lipinski definition) is 1. The van der Waals surface area contributed by atoms with E-state index in [-0.39, 0.29) is 44.5 Å². The molecule has 1 amide bonds. The molecule has 0 bridgehead atoms. The second-order valence-electron chi connectivity index (χ2n) is 15.3. The molecule has 3 saturated carbocycles. The minimum Gasteiger partial charge on any atom is -0.504 e. The zero-order valence-electron chi connectivity index (χ0n) is 26.1. The van der Waals surface area contributed by atoms with Gasteiger partial charge in [-0.2, -0.15) is 0 Å². The quantitative estimate of drug-likeness (QED) is 0.410. The summed E-state index contributed by atoms with van der Waals surface area (Å²) in [7, 11) is 1.97. The largest absolute Gasteiger partial charge is 0.504 e. The highest BCUT2D eigenvalue weighted by molar-refractivity contribution is 6.06. The molecule has 0 saturated heterocycles. The molecule has 0 heterocycles. The first-order chi connectivity index (χ1) is 19.2. The van der Waals surface area contributed by atoms with Crippen molar-refractivity contribution < 1.29 is 14.7 Å². The number of amides is 1. The molecule has 4 heteroatoms. The van der Waals surface area contributed by atoms with Crippen LogP contribution in [0.4, 0.5) is 0 Å². The summed E-state index contributed by atoms with van der Waals surface area (Å²) >= 11 is 0. The normalized spacial score (nSPS) is 39.8. The van der Waals surface area contributed by atoms with Crippen LogP contribution in [0.1, 0.15) is 92.1 Å². The van der Waals surface area contributed by atoms with Crippen LogP contribution in [0, 0.1) is 33.0 Å². The maximum Gasteiger partial charge on any atom is 0.228 e. The molecule has 3 fully saturated rings. The van der Waals surface area contributed by atoms with E-state index in [1.807, 2.05) is 37.1 Å². The van der Waals surface area contributed by atoms with Crippen LogP contribution in [-0.4, -0.2) is 28.7 Å². The molecule has 0 aliphatic heterocycles. The van der Waals surface area contributed by atoms with Crippen molar-refractivity contribution in [2.75, 3.05) is 7.05 Å². The van der Waals surface area contributed by atoms with Gasteiger partial charge in [-0.15, -0.1) is 0 Å². The van der Waals surface area contributed by atoms with Crippen LogP contribution in [-0.2, 0) is 16.1 Å². The summed E-state index contributed by atoms with van der Waals surface area (Å²) in [6.07, 6.45) is 13.5. The van der Waals surface area contributed by atoms with Crippen molar-refractivity contribution in [1.29, 1.82) is 0 Å². The lowest BCUT2D eigenvalue weighted by Crippen LogP contribution is -2.62. The van der Waals surface area contributed by atoms with Crippen LogP contribution in [0.15, 0.2) is 76.6 Å². The number of benzene rings is 1. The second-order valence-corrected chi connectivity index (χ2v) is 15.3. The molecule has 0 radical (unpaired) electrons. The van der Waals surface area contributed by atoms with Crippen molar-refractivity contribution in [3.63, 3.8) is 0 Å². The van der Waals surface area contributed by atoms with Crippen LogP contribution in [0.5, 0.6) is 0 Å². The molecule has 0 spiro atoms. The van der Waals surface area contributed by atoms with Crippen molar-refractivity contribution in [1.82, 2.24) is 4.90 Å². The lowest BCUT2D eigenvalue weighted by atomic mass is 9.34. The van der Waals surface area contributed by atoms with Gasteiger partial charge in [0.1, 0.15) is 0 Å². The fraction of sp³-hybridized carbons (Fsp3) is 0.568. The highest BCUT2D eigenvalue weighted by Gasteiger charge is 2.67. The Kier molecular flexibility index (Phi) is 6.24. The Hall–Kier alpha value is -2.88. The first kappa shape index (κ1) is 28.2. The highest BCUT2D eigenvalue weighted by atomic mass is 16.3. The third-order valence-corrected chi connectivity index (χ3v) is 13.0. The monoisotopic (exact) mass is 553 g/mol. The number of nitrogens with zero attached hydrogens (tertiary/aromatic N) is 1. The fourth-order valence-electron chi connectivity index (χ4n) is 10.0. The van der Waals surface area contributed by atoms with Gasteiger partial charge in [-0.25, -0.2) is 0 Å². The van der Waals surface area contributed by atoms with Gasteiger partial charge in [0.05, 0.1) is 0 Å². The number of fused-ring (bicyclic) bond motifs is 7. The number of hydrogen-bond acceptors (Lipinski definition) is 3. The zero-order valence-corrected chi connectivity index (χ0v) is 26.1. The number of aliphatic hydroxyl groups is 1. The number of ketones is 1. The van der Waals surface area contributed by atoms with Gasteiger partial charge in [-0.05, 0) is 96.8 Å². The van der Waals surface area contributed by atoms with Crippen LogP contribution >= 0.6 is 0 Å². The minimum atomic E-state index is -0.374. The lowest BCUT2D eigenvalue weighted by molar-refractivity contribution is -0.174. The molecule has 5 aliphatic rings. The zero-order chi connectivity index (χ0) is 29.6. The first-order valence-corrected chi connectivity index (χ1v) is 15.6. The SMILES string of the molecule is CC1=C(O)C(=O)C=C2C1=CC=C1[C@@]2(C)CC[C@@]2(C)[C@@H]3C[C@](C)(C(=O)N(C)Cc4ccccc4)CC[C@]3(C)CC[C@]12C. The maximum absolute atomic E-state index is 14.1. The van der Waals surface area contributed by atoms with Gasteiger partial charge in [0.2, 0.25) is 11.7 Å². The maximum atomic E-state index is 14.1. The van der Waals surface area contributed by atoms with E-state index in [0.29, 0.717) is 18.0 Å². The van der Waals surface area contributed by atoms with Crippen LogP contribution in [0.25, 0.3) is 0 Å². The molecule has 1 N–H and O–H groups in total. The molecule has 218 valence electrons. The van der Waals surface area contributed by atoms with Gasteiger partial charge in [-0.3, -0.25) is 9.59 Å². The molecule has 4 nitrogen and oxygen atoms in total. The number of rotatable bonds is 3. The third kappa shape index (κ3) is 3.85. The van der Waals surface area contributed by atoms with E-state index < -0.39 is 0 Å². The summed E-state index contributed by atoms with van der Waals surface area (Å²) in [5, 5.41) is 10.4. The van der Waals surface area contributed by atoms with Crippen molar-refractivity contribution in [3.8, 4) is 0 Å². The van der Waals surface area contributed by atoms with E-state index in [1.165, 1.54) is 11.1 Å². The average molecular weight is 554 g/mol. The van der Waals surface area contributed by atoms with Gasteiger partial charge in [-0.1, -0.05) is 82.7 Å². The summed E-state index contributed by atoms with van der Waals surface area (Å²) in [6, 6.07) is 10.3. The average Bonchev–Trinajstić information content (AvgIpc) is 2.94. The Bertz CT molecular complexity index is 1450. The summed E-state index contributed by atoms with van der Waals surface area (Å²) < 4.78 is 0. The van der Waals surface area contributed by atoms with E-state index in [9.17, 15) is 14.7 Å². The predicted molar refractivity (Wildman–Crippen MR) is 164 cm³/mol. The molecule has 5 aliphatic carbocycles. The van der Waals surface area contributed by atoms with E-state index in [0.717, 1.165) is 56.1 Å². The molecule has 1 aromatic rings. The third-order valence-electron chi connectivity index (χ3n) is 13.0. The second kappa shape index (κ2) is 9.06. The standard InChI is InChI=1S/C37H47NO3/c1-24-26-13-14-29-35(4,27(26)21-28(39)31(24)40)18-20-37(6)30-22-34(3,16-15-33(30,2)17-19-36(29,37)5)32(41)38(7)23-25-11-9-8-10-12-25/h8-14,21,30,40H,15-20,22-23H2,1-7H3/t30-,33-,34-,35+,36-,37+/m1/s1. The minimum absolute atomic E-state index is 0.0373. The Balaban J connectivity index is 1.36. The Morgan fingerprint density at radius 3 is 2.34 bits per heavy atom. The Morgan fingerprint density at radius 1 is 0.951 bits per heavy atom. The van der Waals surface area contributed by atoms with Gasteiger partial charge in [0, 0.05) is 30.0 Å². The van der Waals surface area contributed by atoms with Gasteiger partial charge in [0.15, 0.2) is 5.76 Å². The molecule has 41 heavy (non-hydrogen) atoms. The smallest absolute Gasteiger partial charge is 0.228 e. The number of aliphatic hydroxyl groups excluding tert-OH is 1. The Labute approximate surface area is 246 Å². The first-order valence-electron chi connectivity index (χ1n) is 15.6. The fourth-order valence-corrected chi connectivity index (χ4v) is 10.0. The highest BCUT2D eigenvalue weighted by Crippen LogP contribution is 2.75. The number of carbonyl (C=O) groups excluding carboxylic acids is 2. The molecule has 6 rings (SSSR count). The molecule has 0 unspecified atom stereocenters. The van der Waals surface area contributed by atoms with Crippen LogP contribution in [0.3, 0.4) is 0 Å². The molecular formula is C37H47NO3. The predicted octanol–water partition coefficient (Wildman–Crippen LogP) is 8.27. The van der Waals surface area contributed by atoms with Crippen molar-refractivity contribution >= 4 is 11.7 Å². The van der Waals surface area contributed by atoms with Crippen LogP contribution in [0.2, 0.25) is 0 Å². The van der Waals surface area contributed by atoms with Gasteiger partial charge < -0.3 is 10.0 Å². The van der Waals surface area contributed by atoms with E-state index in [4.69, 9.17) is 0 Å². The number of allylic oxidation sites excluding steroid dienone is 7. The summed E-state index contributed by atoms with van der Waals surface area (Å²) in [6.45, 7) is 14.6.